The Morgan fingerprint density at radius 2 is 2.00 bits per heavy atom. The lowest BCUT2D eigenvalue weighted by Crippen LogP contribution is -2.38. The van der Waals surface area contributed by atoms with Gasteiger partial charge in [0.25, 0.3) is 11.8 Å². The first-order valence-electron chi connectivity index (χ1n) is 9.22. The summed E-state index contributed by atoms with van der Waals surface area (Å²) >= 11 is 1.28. The van der Waals surface area contributed by atoms with Gasteiger partial charge in [0.2, 0.25) is 0 Å². The third kappa shape index (κ3) is 4.37. The van der Waals surface area contributed by atoms with Crippen molar-refractivity contribution >= 4 is 40.6 Å². The van der Waals surface area contributed by atoms with Crippen molar-refractivity contribution in [2.75, 3.05) is 18.4 Å². The molecule has 0 saturated carbocycles. The molecule has 2 aliphatic rings. The molecule has 2 aromatic rings. The van der Waals surface area contributed by atoms with Gasteiger partial charge in [-0.15, -0.1) is 23.7 Å². The number of thiophene rings is 1. The Hall–Kier alpha value is -1.96. The molecule has 2 aliphatic heterocycles. The van der Waals surface area contributed by atoms with Crippen molar-refractivity contribution in [1.29, 1.82) is 0 Å². The molecule has 2 fully saturated rings. The Morgan fingerprint density at radius 1 is 1.21 bits per heavy atom. The van der Waals surface area contributed by atoms with Crippen LogP contribution in [0.5, 0.6) is 0 Å². The highest BCUT2D eigenvalue weighted by Gasteiger charge is 2.32. The van der Waals surface area contributed by atoms with Gasteiger partial charge in [-0.2, -0.15) is 0 Å². The summed E-state index contributed by atoms with van der Waals surface area (Å²) in [6, 6.07) is 8.26. The maximum atomic E-state index is 13.3. The fourth-order valence-corrected chi connectivity index (χ4v) is 4.88. The van der Waals surface area contributed by atoms with E-state index in [9.17, 15) is 14.0 Å². The Labute approximate surface area is 173 Å². The fourth-order valence-electron chi connectivity index (χ4n) is 3.84. The number of nitrogens with one attached hydrogen (secondary N) is 2. The highest BCUT2D eigenvalue weighted by molar-refractivity contribution is 7.18. The molecule has 5 nitrogen and oxygen atoms in total. The van der Waals surface area contributed by atoms with Crippen molar-refractivity contribution in [1.82, 2.24) is 10.2 Å². The number of hydrogen-bond acceptors (Lipinski definition) is 4. The number of nitrogens with zero attached hydrogens (tertiary/aromatic N) is 1. The van der Waals surface area contributed by atoms with Crippen LogP contribution in [0.4, 0.5) is 9.39 Å². The second kappa shape index (κ2) is 8.59. The van der Waals surface area contributed by atoms with Gasteiger partial charge in [-0.25, -0.2) is 4.39 Å². The van der Waals surface area contributed by atoms with Crippen LogP contribution in [0.2, 0.25) is 0 Å². The van der Waals surface area contributed by atoms with Crippen molar-refractivity contribution in [2.45, 2.75) is 38.3 Å². The van der Waals surface area contributed by atoms with Crippen LogP contribution in [0.3, 0.4) is 0 Å². The van der Waals surface area contributed by atoms with Gasteiger partial charge in [0.1, 0.15) is 5.82 Å². The summed E-state index contributed by atoms with van der Waals surface area (Å²) in [5.41, 5.74) is 1.10. The third-order valence-electron chi connectivity index (χ3n) is 5.25. The molecule has 150 valence electrons. The first-order chi connectivity index (χ1) is 13.0. The monoisotopic (exact) mass is 423 g/mol. The van der Waals surface area contributed by atoms with Crippen molar-refractivity contribution in [3.8, 4) is 0 Å². The number of rotatable bonds is 3. The first-order valence-corrected chi connectivity index (χ1v) is 10.0. The second-order valence-corrected chi connectivity index (χ2v) is 8.32. The van der Waals surface area contributed by atoms with Gasteiger partial charge in [0, 0.05) is 30.7 Å². The topological polar surface area (TPSA) is 61.4 Å². The lowest BCUT2D eigenvalue weighted by atomic mass is 10.1. The van der Waals surface area contributed by atoms with Gasteiger partial charge >= 0.3 is 0 Å². The van der Waals surface area contributed by atoms with Crippen LogP contribution in [0, 0.1) is 12.7 Å². The lowest BCUT2D eigenvalue weighted by Gasteiger charge is -2.24. The number of fused-ring (bicyclic) bond motifs is 2. The van der Waals surface area contributed by atoms with Crippen LogP contribution in [-0.2, 0) is 0 Å². The first kappa shape index (κ1) is 20.8. The van der Waals surface area contributed by atoms with Gasteiger partial charge in [-0.3, -0.25) is 9.59 Å². The van der Waals surface area contributed by atoms with Crippen LogP contribution >= 0.6 is 23.7 Å². The SMILES string of the molecule is Cc1cc(NC(=O)c2cccc(F)c2)sc1C(=O)N1CCC2CCC(C1)N2.Cl. The standard InChI is InChI=1S/C20H22FN3O2S.ClH/c1-12-9-17(23-19(25)13-3-2-4-14(21)10-13)27-18(12)20(26)24-8-7-15-5-6-16(11-24)22-15;/h2-4,9-10,15-16,22H,5-8,11H2,1H3,(H,23,25);1H. The van der Waals surface area contributed by atoms with Crippen LogP contribution in [0.15, 0.2) is 30.3 Å². The molecule has 8 heteroatoms. The number of likely N-dealkylation sites (tertiary alicyclic amines) is 1. The predicted octanol–water partition coefficient (Wildman–Crippen LogP) is 3.84. The van der Waals surface area contributed by atoms with E-state index < -0.39 is 5.82 Å². The normalized spacial score (nSPS) is 21.0. The fraction of sp³-hybridized carbons (Fsp3) is 0.400. The molecule has 0 aliphatic carbocycles. The molecule has 3 heterocycles. The Kier molecular flexibility index (Phi) is 6.37. The Morgan fingerprint density at radius 3 is 2.79 bits per heavy atom. The van der Waals surface area contributed by atoms with Gasteiger partial charge < -0.3 is 15.5 Å². The molecule has 0 radical (unpaired) electrons. The minimum atomic E-state index is -0.454. The van der Waals surface area contributed by atoms with Crippen molar-refractivity contribution in [3.63, 3.8) is 0 Å². The average Bonchev–Trinajstić information content (AvgIpc) is 3.16. The smallest absolute Gasteiger partial charge is 0.264 e. The van der Waals surface area contributed by atoms with E-state index in [0.717, 1.165) is 31.5 Å². The molecule has 0 spiro atoms. The van der Waals surface area contributed by atoms with Crippen molar-refractivity contribution in [3.05, 3.63) is 52.2 Å². The van der Waals surface area contributed by atoms with E-state index in [4.69, 9.17) is 0 Å². The number of halogens is 2. The number of anilines is 1. The molecule has 28 heavy (non-hydrogen) atoms. The predicted molar refractivity (Wildman–Crippen MR) is 111 cm³/mol. The molecule has 2 unspecified atom stereocenters. The van der Waals surface area contributed by atoms with Gasteiger partial charge in [-0.05, 0) is 56.0 Å². The zero-order valence-electron chi connectivity index (χ0n) is 15.5. The lowest BCUT2D eigenvalue weighted by molar-refractivity contribution is 0.0752. The van der Waals surface area contributed by atoms with Crippen LogP contribution < -0.4 is 10.6 Å². The molecule has 2 N–H and O–H groups in total. The highest BCUT2D eigenvalue weighted by atomic mass is 35.5. The molecule has 1 aromatic carbocycles. The summed E-state index contributed by atoms with van der Waals surface area (Å²) < 4.78 is 13.3. The van der Waals surface area contributed by atoms with Gasteiger partial charge in [-0.1, -0.05) is 6.07 Å². The Bertz CT molecular complexity index is 888. The number of aryl methyl sites for hydroxylation is 1. The summed E-state index contributed by atoms with van der Waals surface area (Å²) in [6.07, 6.45) is 3.30. The van der Waals surface area contributed by atoms with Gasteiger partial charge in [0.05, 0.1) is 9.88 Å². The average molecular weight is 424 g/mol. The summed E-state index contributed by atoms with van der Waals surface area (Å²) in [7, 11) is 0. The molecule has 1 aromatic heterocycles. The molecule has 2 amide bonds. The summed E-state index contributed by atoms with van der Waals surface area (Å²) in [6.45, 7) is 3.37. The minimum Gasteiger partial charge on any atom is -0.336 e. The van der Waals surface area contributed by atoms with E-state index in [2.05, 4.69) is 10.6 Å². The van der Waals surface area contributed by atoms with E-state index in [0.29, 0.717) is 22.0 Å². The second-order valence-electron chi connectivity index (χ2n) is 7.26. The molecule has 2 atom stereocenters. The van der Waals surface area contributed by atoms with Crippen molar-refractivity contribution in [2.24, 2.45) is 0 Å². The molecular formula is C20H23ClFN3O2S. The van der Waals surface area contributed by atoms with E-state index >= 15 is 0 Å². The molecule has 4 rings (SSSR count). The molecular weight excluding hydrogens is 401 g/mol. The maximum absolute atomic E-state index is 13.3. The summed E-state index contributed by atoms with van der Waals surface area (Å²) in [5.74, 6) is -0.811. The third-order valence-corrected chi connectivity index (χ3v) is 6.39. The van der Waals surface area contributed by atoms with E-state index in [1.807, 2.05) is 11.8 Å². The number of benzene rings is 1. The Balaban J connectivity index is 0.00000225. The summed E-state index contributed by atoms with van der Waals surface area (Å²) in [4.78, 5) is 27.9. The quantitative estimate of drug-likeness (QED) is 0.788. The number of carbonyl (C=O) groups is 2. The maximum Gasteiger partial charge on any atom is 0.264 e. The van der Waals surface area contributed by atoms with Crippen LogP contribution in [0.25, 0.3) is 0 Å². The number of carbonyl (C=O) groups excluding carboxylic acids is 2. The van der Waals surface area contributed by atoms with Crippen LogP contribution in [-0.4, -0.2) is 41.9 Å². The molecule has 2 saturated heterocycles. The number of amides is 2. The number of hydrogen-bond donors (Lipinski definition) is 2. The van der Waals surface area contributed by atoms with Crippen molar-refractivity contribution < 1.29 is 14.0 Å². The zero-order chi connectivity index (χ0) is 19.0. The van der Waals surface area contributed by atoms with Gasteiger partial charge in [0.15, 0.2) is 0 Å². The van der Waals surface area contributed by atoms with E-state index in [1.54, 1.807) is 12.1 Å². The zero-order valence-corrected chi connectivity index (χ0v) is 17.2. The van der Waals surface area contributed by atoms with E-state index in [1.165, 1.54) is 36.0 Å². The highest BCUT2D eigenvalue weighted by Crippen LogP contribution is 2.30. The van der Waals surface area contributed by atoms with E-state index in [-0.39, 0.29) is 29.8 Å². The summed E-state index contributed by atoms with van der Waals surface area (Å²) in [5, 5.41) is 6.95. The molecule has 2 bridgehead atoms. The largest absolute Gasteiger partial charge is 0.336 e. The minimum absolute atomic E-state index is 0. The van der Waals surface area contributed by atoms with Crippen LogP contribution in [0.1, 0.15) is 44.9 Å².